The smallest absolute Gasteiger partial charge is 0.165 e. The first kappa shape index (κ1) is 9.39. The van der Waals surface area contributed by atoms with Crippen LogP contribution in [0.2, 0.25) is 0 Å². The van der Waals surface area contributed by atoms with Crippen LogP contribution < -0.4 is 0 Å². The van der Waals surface area contributed by atoms with Gasteiger partial charge >= 0.3 is 0 Å². The van der Waals surface area contributed by atoms with Crippen molar-refractivity contribution in [3.63, 3.8) is 0 Å². The summed E-state index contributed by atoms with van der Waals surface area (Å²) < 4.78 is 0. The van der Waals surface area contributed by atoms with Gasteiger partial charge < -0.3 is 5.11 Å². The SMILES string of the molecule is CC(=O)[C@H]1[C@H](C)CC(=O)[C@]1(C)O. The molecule has 3 atom stereocenters. The lowest BCUT2D eigenvalue weighted by Crippen LogP contribution is -2.41. The number of ketones is 2. The Hall–Kier alpha value is -0.700. The fourth-order valence-corrected chi connectivity index (χ4v) is 2.14. The molecule has 12 heavy (non-hydrogen) atoms. The minimum absolute atomic E-state index is 0.0231. The molecule has 3 nitrogen and oxygen atoms in total. The summed E-state index contributed by atoms with van der Waals surface area (Å²) in [5, 5.41) is 9.69. The van der Waals surface area contributed by atoms with Crippen molar-refractivity contribution in [3.8, 4) is 0 Å². The van der Waals surface area contributed by atoms with Crippen LogP contribution in [0.15, 0.2) is 0 Å². The quantitative estimate of drug-likeness (QED) is 0.625. The average molecular weight is 170 g/mol. The number of aliphatic hydroxyl groups is 1. The van der Waals surface area contributed by atoms with Crippen molar-refractivity contribution < 1.29 is 14.7 Å². The second-order valence-corrected chi connectivity index (χ2v) is 3.84. The third-order valence-electron chi connectivity index (χ3n) is 2.68. The highest BCUT2D eigenvalue weighted by Gasteiger charge is 2.50. The van der Waals surface area contributed by atoms with E-state index in [-0.39, 0.29) is 17.5 Å². The van der Waals surface area contributed by atoms with Crippen LogP contribution in [-0.2, 0) is 9.59 Å². The number of carbonyl (C=O) groups excluding carboxylic acids is 2. The van der Waals surface area contributed by atoms with E-state index in [0.29, 0.717) is 6.42 Å². The summed E-state index contributed by atoms with van der Waals surface area (Å²) in [7, 11) is 0. The first-order chi connectivity index (χ1) is 5.37. The van der Waals surface area contributed by atoms with Crippen molar-refractivity contribution in [1.82, 2.24) is 0 Å². The molecule has 0 radical (unpaired) electrons. The summed E-state index contributed by atoms with van der Waals surface area (Å²) in [5.41, 5.74) is -1.43. The van der Waals surface area contributed by atoms with Gasteiger partial charge in [0.15, 0.2) is 5.78 Å². The van der Waals surface area contributed by atoms with Gasteiger partial charge in [0.2, 0.25) is 0 Å². The van der Waals surface area contributed by atoms with E-state index in [1.807, 2.05) is 6.92 Å². The summed E-state index contributed by atoms with van der Waals surface area (Å²) in [6, 6.07) is 0. The van der Waals surface area contributed by atoms with Crippen molar-refractivity contribution in [2.45, 2.75) is 32.8 Å². The van der Waals surface area contributed by atoms with Crippen LogP contribution in [0.25, 0.3) is 0 Å². The Morgan fingerprint density at radius 1 is 1.67 bits per heavy atom. The molecule has 1 aliphatic carbocycles. The van der Waals surface area contributed by atoms with Gasteiger partial charge in [-0.15, -0.1) is 0 Å². The van der Waals surface area contributed by atoms with Gasteiger partial charge in [0, 0.05) is 6.42 Å². The molecule has 0 aliphatic heterocycles. The van der Waals surface area contributed by atoms with E-state index in [2.05, 4.69) is 0 Å². The summed E-state index contributed by atoms with van der Waals surface area (Å²) in [6.45, 7) is 4.69. The zero-order valence-electron chi connectivity index (χ0n) is 7.63. The highest BCUT2D eigenvalue weighted by Crippen LogP contribution is 2.37. The molecule has 68 valence electrons. The van der Waals surface area contributed by atoms with Crippen LogP contribution in [-0.4, -0.2) is 22.3 Å². The zero-order valence-corrected chi connectivity index (χ0v) is 7.63. The molecule has 1 N–H and O–H groups in total. The van der Waals surface area contributed by atoms with E-state index >= 15 is 0 Å². The molecule has 0 amide bonds. The largest absolute Gasteiger partial charge is 0.382 e. The number of carbonyl (C=O) groups is 2. The third kappa shape index (κ3) is 1.18. The molecule has 1 aliphatic rings. The van der Waals surface area contributed by atoms with Crippen LogP contribution in [0.5, 0.6) is 0 Å². The fourth-order valence-electron chi connectivity index (χ4n) is 2.14. The molecule has 1 rings (SSSR count). The second kappa shape index (κ2) is 2.66. The van der Waals surface area contributed by atoms with Crippen LogP contribution in [0.1, 0.15) is 27.2 Å². The normalized spacial score (nSPS) is 41.8. The van der Waals surface area contributed by atoms with Crippen molar-refractivity contribution in [3.05, 3.63) is 0 Å². The highest BCUT2D eigenvalue weighted by atomic mass is 16.3. The second-order valence-electron chi connectivity index (χ2n) is 3.84. The maximum Gasteiger partial charge on any atom is 0.165 e. The van der Waals surface area contributed by atoms with Crippen LogP contribution in [0.3, 0.4) is 0 Å². The van der Waals surface area contributed by atoms with Crippen molar-refractivity contribution in [1.29, 1.82) is 0 Å². The van der Waals surface area contributed by atoms with E-state index in [9.17, 15) is 14.7 Å². The minimum atomic E-state index is -1.43. The van der Waals surface area contributed by atoms with Gasteiger partial charge in [0.25, 0.3) is 0 Å². The summed E-state index contributed by atoms with van der Waals surface area (Å²) >= 11 is 0. The molecule has 0 unspecified atom stereocenters. The van der Waals surface area contributed by atoms with Crippen LogP contribution in [0, 0.1) is 11.8 Å². The van der Waals surface area contributed by atoms with Gasteiger partial charge in [-0.2, -0.15) is 0 Å². The molecule has 0 aromatic heterocycles. The maximum atomic E-state index is 11.2. The Morgan fingerprint density at radius 2 is 2.17 bits per heavy atom. The van der Waals surface area contributed by atoms with Gasteiger partial charge in [-0.25, -0.2) is 0 Å². The molecular weight excluding hydrogens is 156 g/mol. The first-order valence-electron chi connectivity index (χ1n) is 4.13. The molecule has 0 aromatic carbocycles. The Kier molecular flexibility index (Phi) is 2.08. The predicted octanol–water partition coefficient (Wildman–Crippen LogP) is 0.551. The standard InChI is InChI=1S/C9H14O3/c1-5-4-7(11)9(3,12)8(5)6(2)10/h5,8,12H,4H2,1-3H3/t5-,8-,9+/m1/s1. The molecule has 1 fully saturated rings. The van der Waals surface area contributed by atoms with Gasteiger partial charge in [-0.05, 0) is 19.8 Å². The zero-order chi connectivity index (χ0) is 9.52. The third-order valence-corrected chi connectivity index (χ3v) is 2.68. The molecule has 0 saturated heterocycles. The van der Waals surface area contributed by atoms with Crippen molar-refractivity contribution >= 4 is 11.6 Å². The lowest BCUT2D eigenvalue weighted by Gasteiger charge is -2.23. The van der Waals surface area contributed by atoms with Crippen LogP contribution in [0.4, 0.5) is 0 Å². The van der Waals surface area contributed by atoms with Crippen molar-refractivity contribution in [2.75, 3.05) is 0 Å². The molecule has 0 heterocycles. The number of hydrogen-bond acceptors (Lipinski definition) is 3. The summed E-state index contributed by atoms with van der Waals surface area (Å²) in [4.78, 5) is 22.3. The Labute approximate surface area is 71.8 Å². The topological polar surface area (TPSA) is 54.4 Å². The predicted molar refractivity (Wildman–Crippen MR) is 43.6 cm³/mol. The maximum absolute atomic E-state index is 11.2. The van der Waals surface area contributed by atoms with E-state index in [1.54, 1.807) is 0 Å². The van der Waals surface area contributed by atoms with E-state index in [4.69, 9.17) is 0 Å². The molecule has 3 heteroatoms. The fraction of sp³-hybridized carbons (Fsp3) is 0.778. The first-order valence-corrected chi connectivity index (χ1v) is 4.13. The van der Waals surface area contributed by atoms with Gasteiger partial charge in [-0.3, -0.25) is 9.59 Å². The van der Waals surface area contributed by atoms with Crippen LogP contribution >= 0.6 is 0 Å². The van der Waals surface area contributed by atoms with Gasteiger partial charge in [0.05, 0.1) is 5.92 Å². The molecule has 0 spiro atoms. The van der Waals surface area contributed by atoms with E-state index in [1.165, 1.54) is 13.8 Å². The Morgan fingerprint density at radius 3 is 2.33 bits per heavy atom. The number of hydrogen-bond donors (Lipinski definition) is 1. The average Bonchev–Trinajstić information content (AvgIpc) is 2.02. The van der Waals surface area contributed by atoms with Gasteiger partial charge in [0.1, 0.15) is 11.4 Å². The van der Waals surface area contributed by atoms with Gasteiger partial charge in [-0.1, -0.05) is 6.92 Å². The highest BCUT2D eigenvalue weighted by molar-refractivity contribution is 5.97. The van der Waals surface area contributed by atoms with E-state index in [0.717, 1.165) is 0 Å². The monoisotopic (exact) mass is 170 g/mol. The Balaban J connectivity index is 2.99. The van der Waals surface area contributed by atoms with E-state index < -0.39 is 11.5 Å². The lowest BCUT2D eigenvalue weighted by molar-refractivity contribution is -0.141. The number of Topliss-reactive ketones (excluding diaryl/α,β-unsaturated/α-hetero) is 2. The summed E-state index contributed by atoms with van der Waals surface area (Å²) in [5.74, 6) is -0.844. The molecule has 1 saturated carbocycles. The molecule has 0 bridgehead atoms. The van der Waals surface area contributed by atoms with Crippen molar-refractivity contribution in [2.24, 2.45) is 11.8 Å². The minimum Gasteiger partial charge on any atom is -0.382 e. The molecule has 0 aromatic rings. The number of rotatable bonds is 1. The lowest BCUT2D eigenvalue weighted by atomic mass is 9.85. The Bertz CT molecular complexity index is 230. The summed E-state index contributed by atoms with van der Waals surface area (Å²) in [6.07, 6.45) is 0.317. The molecular formula is C9H14O3.